The van der Waals surface area contributed by atoms with E-state index in [9.17, 15) is 19.7 Å². The van der Waals surface area contributed by atoms with Crippen molar-refractivity contribution in [2.45, 2.75) is 25.7 Å². The molecule has 7 heteroatoms. The quantitative estimate of drug-likeness (QED) is 0.393. The van der Waals surface area contributed by atoms with E-state index in [1.165, 1.54) is 12.1 Å². The highest BCUT2D eigenvalue weighted by molar-refractivity contribution is 5.96. The predicted molar refractivity (Wildman–Crippen MR) is 101 cm³/mol. The fraction of sp³-hybridized carbons (Fsp3) is 0.300. The first-order valence-corrected chi connectivity index (χ1v) is 8.67. The van der Waals surface area contributed by atoms with E-state index in [-0.39, 0.29) is 23.8 Å². The van der Waals surface area contributed by atoms with Gasteiger partial charge < -0.3 is 10.1 Å². The Kier molecular flexibility index (Phi) is 7.49. The molecular formula is C20H22N2O5. The largest absolute Gasteiger partial charge is 0.497 e. The lowest BCUT2D eigenvalue weighted by Crippen LogP contribution is -2.25. The summed E-state index contributed by atoms with van der Waals surface area (Å²) in [5.41, 5.74) is 1.56. The average molecular weight is 370 g/mol. The zero-order chi connectivity index (χ0) is 19.6. The molecular weight excluding hydrogens is 348 g/mol. The molecule has 0 fully saturated rings. The highest BCUT2D eigenvalue weighted by Gasteiger charge is 2.08. The first-order chi connectivity index (χ1) is 13.0. The number of carbonyl (C=O) groups is 2. The molecule has 0 saturated heterocycles. The first kappa shape index (κ1) is 20.1. The zero-order valence-electron chi connectivity index (χ0n) is 15.1. The van der Waals surface area contributed by atoms with Crippen molar-refractivity contribution >= 4 is 17.4 Å². The Morgan fingerprint density at radius 1 is 1.04 bits per heavy atom. The summed E-state index contributed by atoms with van der Waals surface area (Å²) in [7, 11) is 1.57. The van der Waals surface area contributed by atoms with Crippen molar-refractivity contribution in [1.82, 2.24) is 5.32 Å². The summed E-state index contributed by atoms with van der Waals surface area (Å²) in [5, 5.41) is 13.4. The van der Waals surface area contributed by atoms with E-state index in [0.717, 1.165) is 5.56 Å². The van der Waals surface area contributed by atoms with Gasteiger partial charge in [0.2, 0.25) is 5.91 Å². The lowest BCUT2D eigenvalue weighted by atomic mass is 10.1. The minimum absolute atomic E-state index is 0.00340. The van der Waals surface area contributed by atoms with Crippen molar-refractivity contribution in [2.24, 2.45) is 0 Å². The summed E-state index contributed by atoms with van der Waals surface area (Å²) in [6.07, 6.45) is 1.66. The summed E-state index contributed by atoms with van der Waals surface area (Å²) in [6, 6.07) is 13.1. The van der Waals surface area contributed by atoms with Gasteiger partial charge in [0.15, 0.2) is 5.78 Å². The van der Waals surface area contributed by atoms with Gasteiger partial charge in [-0.2, -0.15) is 0 Å². The number of benzene rings is 2. The van der Waals surface area contributed by atoms with E-state index in [1.807, 2.05) is 0 Å². The van der Waals surface area contributed by atoms with Crippen molar-refractivity contribution in [3.05, 3.63) is 69.8 Å². The van der Waals surface area contributed by atoms with E-state index in [1.54, 1.807) is 43.5 Å². The van der Waals surface area contributed by atoms with Gasteiger partial charge in [-0.1, -0.05) is 12.1 Å². The maximum atomic E-state index is 12.1. The van der Waals surface area contributed by atoms with Crippen LogP contribution in [-0.2, 0) is 11.2 Å². The summed E-state index contributed by atoms with van der Waals surface area (Å²) in [4.78, 5) is 34.1. The van der Waals surface area contributed by atoms with E-state index >= 15 is 0 Å². The van der Waals surface area contributed by atoms with Crippen LogP contribution in [-0.4, -0.2) is 30.3 Å². The summed E-state index contributed by atoms with van der Waals surface area (Å²) >= 11 is 0. The molecule has 0 heterocycles. The molecule has 0 atom stereocenters. The number of nitrogens with one attached hydrogen (secondary N) is 1. The first-order valence-electron chi connectivity index (χ1n) is 8.67. The van der Waals surface area contributed by atoms with Crippen LogP contribution in [0.5, 0.6) is 5.75 Å². The molecule has 0 spiro atoms. The van der Waals surface area contributed by atoms with Gasteiger partial charge in [0.05, 0.1) is 12.0 Å². The number of amides is 1. The van der Waals surface area contributed by atoms with Gasteiger partial charge >= 0.3 is 0 Å². The molecule has 0 aromatic heterocycles. The highest BCUT2D eigenvalue weighted by Crippen LogP contribution is 2.14. The molecule has 0 aliphatic carbocycles. The average Bonchev–Trinajstić information content (AvgIpc) is 2.68. The van der Waals surface area contributed by atoms with Crippen molar-refractivity contribution in [3.8, 4) is 5.75 Å². The number of non-ortho nitro benzene ring substituents is 1. The Balaban J connectivity index is 1.65. The molecule has 1 N–H and O–H groups in total. The Labute approximate surface area is 157 Å². The number of nitro benzene ring substituents is 1. The minimum Gasteiger partial charge on any atom is -0.497 e. The van der Waals surface area contributed by atoms with Gasteiger partial charge in [-0.15, -0.1) is 0 Å². The number of hydrogen-bond donors (Lipinski definition) is 1. The Hall–Kier alpha value is -3.22. The molecule has 2 aromatic carbocycles. The summed E-state index contributed by atoms with van der Waals surface area (Å²) in [5.74, 6) is 0.578. The number of methoxy groups -OCH3 is 1. The molecule has 142 valence electrons. The SMILES string of the molecule is COc1ccc(C(=O)CCCC(=O)NCCc2ccc([N+](=O)[O-])cc2)cc1. The van der Waals surface area contributed by atoms with Gasteiger partial charge in [-0.25, -0.2) is 0 Å². The van der Waals surface area contributed by atoms with Gasteiger partial charge in [0.25, 0.3) is 5.69 Å². The standard InChI is InChI=1S/C20H22N2O5/c1-27-18-11-7-16(8-12-18)19(23)3-2-4-20(24)21-14-13-15-5-9-17(10-6-15)22(25)26/h5-12H,2-4,13-14H2,1H3,(H,21,24). The number of carbonyl (C=O) groups excluding carboxylic acids is 2. The number of ketones is 1. The zero-order valence-corrected chi connectivity index (χ0v) is 15.1. The van der Waals surface area contributed by atoms with Crippen LogP contribution in [0.15, 0.2) is 48.5 Å². The topological polar surface area (TPSA) is 98.5 Å². The van der Waals surface area contributed by atoms with Crippen LogP contribution in [0.3, 0.4) is 0 Å². The second-order valence-electron chi connectivity index (χ2n) is 6.03. The second-order valence-corrected chi connectivity index (χ2v) is 6.03. The van der Waals surface area contributed by atoms with Crippen LogP contribution in [0.4, 0.5) is 5.69 Å². The van der Waals surface area contributed by atoms with Crippen molar-refractivity contribution < 1.29 is 19.2 Å². The Morgan fingerprint density at radius 3 is 2.30 bits per heavy atom. The molecule has 7 nitrogen and oxygen atoms in total. The number of hydrogen-bond acceptors (Lipinski definition) is 5. The number of ether oxygens (including phenoxy) is 1. The third-order valence-electron chi connectivity index (χ3n) is 4.10. The highest BCUT2D eigenvalue weighted by atomic mass is 16.6. The third-order valence-corrected chi connectivity index (χ3v) is 4.10. The van der Waals surface area contributed by atoms with Crippen LogP contribution in [0.25, 0.3) is 0 Å². The summed E-state index contributed by atoms with van der Waals surface area (Å²) in [6.45, 7) is 0.447. The van der Waals surface area contributed by atoms with Crippen LogP contribution in [0, 0.1) is 10.1 Å². The number of Topliss-reactive ketones (excluding diaryl/α,β-unsaturated/α-hetero) is 1. The molecule has 0 saturated carbocycles. The normalized spacial score (nSPS) is 10.3. The molecule has 0 bridgehead atoms. The number of rotatable bonds is 10. The van der Waals surface area contributed by atoms with Gasteiger partial charge in [-0.05, 0) is 42.7 Å². The van der Waals surface area contributed by atoms with Gasteiger partial charge in [0, 0.05) is 37.1 Å². The Morgan fingerprint density at radius 2 is 1.70 bits per heavy atom. The van der Waals surface area contributed by atoms with Gasteiger partial charge in [0.1, 0.15) is 5.75 Å². The van der Waals surface area contributed by atoms with E-state index in [0.29, 0.717) is 37.1 Å². The van der Waals surface area contributed by atoms with Crippen LogP contribution < -0.4 is 10.1 Å². The molecule has 0 radical (unpaired) electrons. The Bertz CT molecular complexity index is 785. The molecule has 2 rings (SSSR count). The fourth-order valence-electron chi connectivity index (χ4n) is 2.55. The molecule has 0 aliphatic heterocycles. The molecule has 1 amide bonds. The second kappa shape index (κ2) is 10.1. The van der Waals surface area contributed by atoms with Crippen molar-refractivity contribution in [3.63, 3.8) is 0 Å². The van der Waals surface area contributed by atoms with Crippen LogP contribution in [0.1, 0.15) is 35.2 Å². The molecule has 0 unspecified atom stereocenters. The lowest BCUT2D eigenvalue weighted by Gasteiger charge is -2.06. The van der Waals surface area contributed by atoms with Gasteiger partial charge in [-0.3, -0.25) is 19.7 Å². The van der Waals surface area contributed by atoms with E-state index in [4.69, 9.17) is 4.74 Å². The predicted octanol–water partition coefficient (Wildman–Crippen LogP) is 3.32. The maximum absolute atomic E-state index is 12.1. The number of nitrogens with zero attached hydrogens (tertiary/aromatic N) is 1. The van der Waals surface area contributed by atoms with Crippen molar-refractivity contribution in [2.75, 3.05) is 13.7 Å². The monoisotopic (exact) mass is 370 g/mol. The molecule has 0 aliphatic rings. The van der Waals surface area contributed by atoms with Crippen molar-refractivity contribution in [1.29, 1.82) is 0 Å². The lowest BCUT2D eigenvalue weighted by molar-refractivity contribution is -0.384. The van der Waals surface area contributed by atoms with Crippen LogP contribution >= 0.6 is 0 Å². The molecule has 27 heavy (non-hydrogen) atoms. The third kappa shape index (κ3) is 6.54. The smallest absolute Gasteiger partial charge is 0.269 e. The maximum Gasteiger partial charge on any atom is 0.269 e. The van der Waals surface area contributed by atoms with E-state index < -0.39 is 4.92 Å². The van der Waals surface area contributed by atoms with Crippen LogP contribution in [0.2, 0.25) is 0 Å². The minimum atomic E-state index is -0.446. The molecule has 2 aromatic rings. The number of nitro groups is 1. The fourth-order valence-corrected chi connectivity index (χ4v) is 2.55. The summed E-state index contributed by atoms with van der Waals surface area (Å²) < 4.78 is 5.05. The van der Waals surface area contributed by atoms with E-state index in [2.05, 4.69) is 5.32 Å².